The van der Waals surface area contributed by atoms with Gasteiger partial charge in [-0.1, -0.05) is 39.8 Å². The molecule has 1 aliphatic rings. The van der Waals surface area contributed by atoms with E-state index >= 15 is 0 Å². The smallest absolute Gasteiger partial charge is 0.412 e. The maximum absolute atomic E-state index is 11.7. The summed E-state index contributed by atoms with van der Waals surface area (Å²) in [5.74, 6) is 1.65. The van der Waals surface area contributed by atoms with Crippen molar-refractivity contribution in [3.8, 4) is 0 Å². The van der Waals surface area contributed by atoms with E-state index in [1.54, 1.807) is 61.5 Å². The highest BCUT2D eigenvalue weighted by Gasteiger charge is 2.48. The van der Waals surface area contributed by atoms with E-state index in [0.29, 0.717) is 29.0 Å². The Morgan fingerprint density at radius 3 is 1.98 bits per heavy atom. The Balaban J connectivity index is 0.000000366. The van der Waals surface area contributed by atoms with Crippen molar-refractivity contribution in [1.29, 1.82) is 0 Å². The summed E-state index contributed by atoms with van der Waals surface area (Å²) < 4.78 is 10.8. The Hall–Kier alpha value is -4.16. The molecule has 294 valence electrons. The molecule has 4 rings (SSSR count). The SMILES string of the molecule is CC=CCC.CCC(C)(c1cc(N)cn1C)C1CC1C.CN(C)CCCNC(=O)c1cc(N)cn1C.Cn1cc(NC(=O)OC(C)(C)C)cc1CO. The number of nitrogens with zero attached hydrogens (tertiary/aromatic N) is 4. The number of aliphatic hydroxyl groups is 1. The van der Waals surface area contributed by atoms with Crippen LogP contribution in [-0.4, -0.2) is 68.5 Å². The molecule has 3 unspecified atom stereocenters. The number of aliphatic hydroxyl groups excluding tert-OH is 1. The lowest BCUT2D eigenvalue weighted by molar-refractivity contribution is 0.0635. The Morgan fingerprint density at radius 2 is 1.60 bits per heavy atom. The van der Waals surface area contributed by atoms with Crippen molar-refractivity contribution in [3.05, 3.63) is 66.0 Å². The summed E-state index contributed by atoms with van der Waals surface area (Å²) in [4.78, 5) is 25.2. The quantitative estimate of drug-likeness (QED) is 0.105. The van der Waals surface area contributed by atoms with E-state index in [2.05, 4.69) is 73.1 Å². The number of rotatable bonds is 11. The second kappa shape index (κ2) is 21.4. The number of amides is 2. The minimum atomic E-state index is -0.515. The van der Waals surface area contributed by atoms with Crippen LogP contribution in [0.25, 0.3) is 0 Å². The van der Waals surface area contributed by atoms with Crippen LogP contribution in [0.3, 0.4) is 0 Å². The van der Waals surface area contributed by atoms with E-state index in [-0.39, 0.29) is 12.5 Å². The van der Waals surface area contributed by atoms with Gasteiger partial charge in [0.15, 0.2) is 0 Å². The summed E-state index contributed by atoms with van der Waals surface area (Å²) in [5.41, 5.74) is 16.1. The Kier molecular flexibility index (Phi) is 18.9. The van der Waals surface area contributed by atoms with Crippen LogP contribution in [0.2, 0.25) is 0 Å². The van der Waals surface area contributed by atoms with E-state index in [1.165, 1.54) is 18.5 Å². The first-order chi connectivity index (χ1) is 24.2. The monoisotopic (exact) mass is 727 g/mol. The van der Waals surface area contributed by atoms with Crippen LogP contribution in [0.1, 0.15) is 103 Å². The summed E-state index contributed by atoms with van der Waals surface area (Å²) in [5, 5.41) is 14.5. The third-order valence-electron chi connectivity index (χ3n) is 8.99. The molecule has 2 amide bonds. The van der Waals surface area contributed by atoms with Crippen molar-refractivity contribution in [3.63, 3.8) is 0 Å². The summed E-state index contributed by atoms with van der Waals surface area (Å²) in [6.07, 6.45) is 13.8. The normalized spacial score (nSPS) is 16.1. The highest BCUT2D eigenvalue weighted by molar-refractivity contribution is 5.93. The third kappa shape index (κ3) is 15.6. The van der Waals surface area contributed by atoms with E-state index in [9.17, 15) is 9.59 Å². The fourth-order valence-corrected chi connectivity index (χ4v) is 6.00. The number of carbonyl (C=O) groups excluding carboxylic acids is 2. The number of hydrogen-bond acceptors (Lipinski definition) is 7. The molecule has 7 N–H and O–H groups in total. The molecule has 12 heteroatoms. The van der Waals surface area contributed by atoms with Crippen LogP contribution in [0.15, 0.2) is 48.9 Å². The molecule has 0 bridgehead atoms. The molecule has 1 saturated carbocycles. The first-order valence-electron chi connectivity index (χ1n) is 18.4. The molecular weight excluding hydrogens is 656 g/mol. The van der Waals surface area contributed by atoms with Crippen molar-refractivity contribution in [2.75, 3.05) is 44.0 Å². The predicted octanol–water partition coefficient (Wildman–Crippen LogP) is 7.06. The lowest BCUT2D eigenvalue weighted by Crippen LogP contribution is -2.28. The number of anilines is 3. The van der Waals surface area contributed by atoms with Crippen LogP contribution in [0.4, 0.5) is 21.9 Å². The van der Waals surface area contributed by atoms with Crippen molar-refractivity contribution in [2.45, 2.75) is 98.7 Å². The molecule has 3 heterocycles. The van der Waals surface area contributed by atoms with Crippen molar-refractivity contribution < 1.29 is 19.4 Å². The van der Waals surface area contributed by atoms with Gasteiger partial charge in [-0.05, 0) is 104 Å². The van der Waals surface area contributed by atoms with Gasteiger partial charge in [0.1, 0.15) is 11.3 Å². The number of nitrogen functional groups attached to an aromatic ring is 2. The lowest BCUT2D eigenvalue weighted by Gasteiger charge is -2.29. The van der Waals surface area contributed by atoms with Crippen LogP contribution < -0.4 is 22.1 Å². The summed E-state index contributed by atoms with van der Waals surface area (Å²) in [7, 11) is 9.74. The lowest BCUT2D eigenvalue weighted by atomic mass is 9.78. The second-order valence-electron chi connectivity index (χ2n) is 15.1. The number of nitrogens with one attached hydrogen (secondary N) is 2. The molecule has 1 aliphatic carbocycles. The number of aromatic nitrogens is 3. The van der Waals surface area contributed by atoms with Gasteiger partial charge < -0.3 is 45.2 Å². The zero-order valence-electron chi connectivity index (χ0n) is 34.3. The van der Waals surface area contributed by atoms with E-state index in [4.69, 9.17) is 21.3 Å². The van der Waals surface area contributed by atoms with Gasteiger partial charge >= 0.3 is 6.09 Å². The summed E-state index contributed by atoms with van der Waals surface area (Å²) in [6.45, 7) is 18.2. The van der Waals surface area contributed by atoms with E-state index < -0.39 is 11.7 Å². The largest absolute Gasteiger partial charge is 0.444 e. The number of allylic oxidation sites excluding steroid dienone is 2. The van der Waals surface area contributed by atoms with E-state index in [0.717, 1.165) is 42.6 Å². The molecule has 0 radical (unpaired) electrons. The molecule has 0 spiro atoms. The van der Waals surface area contributed by atoms with Crippen LogP contribution in [0.5, 0.6) is 0 Å². The van der Waals surface area contributed by atoms with Gasteiger partial charge in [0.25, 0.3) is 5.91 Å². The molecule has 0 saturated heterocycles. The highest BCUT2D eigenvalue weighted by Crippen LogP contribution is 2.53. The minimum Gasteiger partial charge on any atom is -0.444 e. The Morgan fingerprint density at radius 1 is 1.00 bits per heavy atom. The van der Waals surface area contributed by atoms with Gasteiger partial charge in [-0.2, -0.15) is 0 Å². The molecule has 52 heavy (non-hydrogen) atoms. The molecule has 0 aromatic carbocycles. The standard InChI is InChI=1S/C13H22N2.C11H20N4O.C11H18N2O3.C5H10/c1-5-13(3,11-6-9(11)2)12-7-10(14)8-15(12)4;1-14(2)6-4-5-13-11(16)10-7-9(12)8-15(10)3;1-11(2,3)16-10(15)12-8-5-9(7-14)13(4)6-8;1-3-5-4-2/h7-9,11H,5-6,14H2,1-4H3;7-8H,4-6,12H2,1-3H3,(H,13,16);5-6,14H,7H2,1-4H3,(H,12,15);3,5H,4H2,1-2H3. The minimum absolute atomic E-state index is 0.0630. The maximum Gasteiger partial charge on any atom is 0.412 e. The average Bonchev–Trinajstić information content (AvgIpc) is 3.32. The van der Waals surface area contributed by atoms with Gasteiger partial charge in [0, 0.05) is 68.8 Å². The number of nitrogens with two attached hydrogens (primary N) is 2. The molecule has 12 nitrogen and oxygen atoms in total. The Labute approximate surface area is 313 Å². The molecule has 1 fully saturated rings. The van der Waals surface area contributed by atoms with Crippen molar-refractivity contribution >= 4 is 29.1 Å². The van der Waals surface area contributed by atoms with Gasteiger partial charge in [0.05, 0.1) is 18.0 Å². The van der Waals surface area contributed by atoms with Crippen LogP contribution in [-0.2, 0) is 37.9 Å². The maximum atomic E-state index is 11.7. The highest BCUT2D eigenvalue weighted by atomic mass is 16.6. The van der Waals surface area contributed by atoms with E-state index in [1.807, 2.05) is 34.3 Å². The van der Waals surface area contributed by atoms with Crippen LogP contribution in [0, 0.1) is 11.8 Å². The summed E-state index contributed by atoms with van der Waals surface area (Å²) in [6, 6.07) is 5.53. The molecular formula is C40H70N8O4. The molecule has 3 atom stereocenters. The molecule has 3 aromatic rings. The zero-order chi connectivity index (χ0) is 39.8. The second-order valence-corrected chi connectivity index (χ2v) is 15.1. The van der Waals surface area contributed by atoms with Gasteiger partial charge in [0.2, 0.25) is 0 Å². The molecule has 0 aliphatic heterocycles. The third-order valence-corrected chi connectivity index (χ3v) is 8.99. The zero-order valence-corrected chi connectivity index (χ0v) is 34.3. The van der Waals surface area contributed by atoms with Gasteiger partial charge in [-0.3, -0.25) is 10.1 Å². The number of hydrogen-bond donors (Lipinski definition) is 5. The topological polar surface area (TPSA) is 158 Å². The number of ether oxygens (including phenoxy) is 1. The predicted molar refractivity (Wildman–Crippen MR) is 216 cm³/mol. The van der Waals surface area contributed by atoms with Gasteiger partial charge in [-0.15, -0.1) is 0 Å². The fourth-order valence-electron chi connectivity index (χ4n) is 6.00. The first kappa shape index (κ1) is 45.9. The Bertz CT molecular complexity index is 1540. The van der Waals surface area contributed by atoms with Gasteiger partial charge in [-0.25, -0.2) is 4.79 Å². The number of aryl methyl sites for hydroxylation is 3. The summed E-state index contributed by atoms with van der Waals surface area (Å²) >= 11 is 0. The number of carbonyl (C=O) groups is 2. The first-order valence-corrected chi connectivity index (χ1v) is 18.4. The average molecular weight is 727 g/mol. The van der Waals surface area contributed by atoms with Crippen molar-refractivity contribution in [1.82, 2.24) is 23.9 Å². The van der Waals surface area contributed by atoms with Crippen molar-refractivity contribution in [2.24, 2.45) is 33.0 Å². The fraction of sp³-hybridized carbons (Fsp3) is 0.600. The molecule has 3 aromatic heterocycles. The van der Waals surface area contributed by atoms with Crippen LogP contribution >= 0.6 is 0 Å².